The van der Waals surface area contributed by atoms with E-state index in [1.54, 1.807) is 24.3 Å². The van der Waals surface area contributed by atoms with Crippen LogP contribution >= 0.6 is 0 Å². The summed E-state index contributed by atoms with van der Waals surface area (Å²) in [5.74, 6) is -1.07. The van der Waals surface area contributed by atoms with E-state index in [0.717, 1.165) is 10.6 Å². The van der Waals surface area contributed by atoms with Crippen molar-refractivity contribution >= 4 is 11.9 Å². The van der Waals surface area contributed by atoms with Crippen LogP contribution in [0.4, 0.5) is 0 Å². The monoisotopic (exact) mass is 329 g/mol. The summed E-state index contributed by atoms with van der Waals surface area (Å²) >= 11 is 0. The van der Waals surface area contributed by atoms with Crippen molar-refractivity contribution in [2.45, 2.75) is 19.6 Å². The van der Waals surface area contributed by atoms with Crippen LogP contribution in [-0.4, -0.2) is 35.2 Å². The molecule has 0 saturated heterocycles. The molecule has 0 aliphatic rings. The van der Waals surface area contributed by atoms with Gasteiger partial charge in [-0.3, -0.25) is 9.63 Å². The molecule has 0 aliphatic heterocycles. The molecule has 2 aromatic rings. The molecule has 0 aromatic heterocycles. The van der Waals surface area contributed by atoms with Crippen molar-refractivity contribution in [3.05, 3.63) is 65.7 Å². The number of hydrogen-bond donors (Lipinski definition) is 1. The number of aliphatic carboxylic acids is 1. The molecular weight excluding hydrogens is 310 g/mol. The third kappa shape index (κ3) is 4.33. The fourth-order valence-corrected chi connectivity index (χ4v) is 2.03. The summed E-state index contributed by atoms with van der Waals surface area (Å²) in [7, 11) is 1.53. The number of methoxy groups -OCH3 is 1. The standard InChI is InChI=1S/C18H19NO5/c1-13(18(21)22)19(24-12-14-6-4-3-5-7-14)17(20)15-8-10-16(23-2)11-9-15/h3-11,13H,12H2,1-2H3,(H,21,22). The number of carbonyl (C=O) groups is 2. The van der Waals surface area contributed by atoms with Crippen molar-refractivity contribution in [2.24, 2.45) is 0 Å². The second-order valence-corrected chi connectivity index (χ2v) is 5.13. The Bertz CT molecular complexity index is 684. The minimum atomic E-state index is -1.15. The molecule has 6 heteroatoms. The highest BCUT2D eigenvalue weighted by atomic mass is 16.7. The first-order valence-electron chi connectivity index (χ1n) is 7.40. The van der Waals surface area contributed by atoms with Crippen molar-refractivity contribution in [1.29, 1.82) is 0 Å². The Kier molecular flexibility index (Phi) is 5.92. The van der Waals surface area contributed by atoms with Gasteiger partial charge in [0.15, 0.2) is 6.04 Å². The van der Waals surface area contributed by atoms with E-state index in [1.165, 1.54) is 14.0 Å². The number of nitrogens with zero attached hydrogens (tertiary/aromatic N) is 1. The Morgan fingerprint density at radius 1 is 1.08 bits per heavy atom. The average molecular weight is 329 g/mol. The van der Waals surface area contributed by atoms with E-state index in [1.807, 2.05) is 30.3 Å². The summed E-state index contributed by atoms with van der Waals surface area (Å²) in [6.45, 7) is 1.50. The van der Waals surface area contributed by atoms with Crippen LogP contribution in [0.2, 0.25) is 0 Å². The second kappa shape index (κ2) is 8.12. The quantitative estimate of drug-likeness (QED) is 0.791. The molecule has 0 aliphatic carbocycles. The lowest BCUT2D eigenvalue weighted by atomic mass is 10.2. The summed E-state index contributed by atoms with van der Waals surface area (Å²) in [5, 5.41) is 10.1. The number of ether oxygens (including phenoxy) is 1. The molecule has 126 valence electrons. The van der Waals surface area contributed by atoms with E-state index < -0.39 is 17.9 Å². The molecule has 24 heavy (non-hydrogen) atoms. The number of carboxylic acid groups (broad SMARTS) is 1. The molecule has 0 radical (unpaired) electrons. The van der Waals surface area contributed by atoms with Crippen molar-refractivity contribution in [2.75, 3.05) is 7.11 Å². The molecule has 2 aromatic carbocycles. The third-order valence-electron chi connectivity index (χ3n) is 3.46. The van der Waals surface area contributed by atoms with Gasteiger partial charge in [0.1, 0.15) is 12.4 Å². The van der Waals surface area contributed by atoms with Crippen LogP contribution in [-0.2, 0) is 16.2 Å². The SMILES string of the molecule is COc1ccc(C(=O)N(OCc2ccccc2)C(C)C(=O)O)cc1. The minimum Gasteiger partial charge on any atom is -0.497 e. The smallest absolute Gasteiger partial charge is 0.328 e. The maximum Gasteiger partial charge on any atom is 0.328 e. The lowest BCUT2D eigenvalue weighted by Crippen LogP contribution is -2.43. The van der Waals surface area contributed by atoms with Gasteiger partial charge in [-0.2, -0.15) is 0 Å². The van der Waals surface area contributed by atoms with Gasteiger partial charge in [0.05, 0.1) is 7.11 Å². The Labute approximate surface area is 140 Å². The number of carbonyl (C=O) groups excluding carboxylic acids is 1. The number of rotatable bonds is 7. The van der Waals surface area contributed by atoms with Gasteiger partial charge >= 0.3 is 5.97 Å². The molecule has 1 amide bonds. The summed E-state index contributed by atoms with van der Waals surface area (Å²) in [5.41, 5.74) is 1.15. The van der Waals surface area contributed by atoms with Crippen molar-refractivity contribution < 1.29 is 24.3 Å². The third-order valence-corrected chi connectivity index (χ3v) is 3.46. The average Bonchev–Trinajstić information content (AvgIpc) is 2.62. The van der Waals surface area contributed by atoms with Crippen molar-refractivity contribution in [1.82, 2.24) is 5.06 Å². The summed E-state index contributed by atoms with van der Waals surface area (Å²) in [6.07, 6.45) is 0. The molecule has 2 rings (SSSR count). The molecular formula is C18H19NO5. The first kappa shape index (κ1) is 17.5. The summed E-state index contributed by atoms with van der Waals surface area (Å²) in [6, 6.07) is 14.5. The van der Waals surface area contributed by atoms with Gasteiger partial charge in [-0.15, -0.1) is 0 Å². The Morgan fingerprint density at radius 2 is 1.71 bits per heavy atom. The number of hydrogen-bond acceptors (Lipinski definition) is 4. The predicted octanol–water partition coefficient (Wildman–Crippen LogP) is 2.74. The van der Waals surface area contributed by atoms with Gasteiger partial charge in [-0.05, 0) is 36.8 Å². The lowest BCUT2D eigenvalue weighted by Gasteiger charge is -2.25. The topological polar surface area (TPSA) is 76.1 Å². The van der Waals surface area contributed by atoms with Gasteiger partial charge in [-0.1, -0.05) is 30.3 Å². The largest absolute Gasteiger partial charge is 0.497 e. The van der Waals surface area contributed by atoms with E-state index in [0.29, 0.717) is 11.3 Å². The summed E-state index contributed by atoms with van der Waals surface area (Å²) < 4.78 is 5.05. The Balaban J connectivity index is 2.17. The molecule has 6 nitrogen and oxygen atoms in total. The number of amides is 1. The van der Waals surface area contributed by atoms with Gasteiger partial charge in [0, 0.05) is 5.56 Å². The number of benzene rings is 2. The minimum absolute atomic E-state index is 0.0976. The van der Waals surface area contributed by atoms with Gasteiger partial charge in [-0.25, -0.2) is 9.86 Å². The highest BCUT2D eigenvalue weighted by Gasteiger charge is 2.28. The van der Waals surface area contributed by atoms with E-state index in [2.05, 4.69) is 0 Å². The number of carboxylic acids is 1. The van der Waals surface area contributed by atoms with Crippen LogP contribution in [0, 0.1) is 0 Å². The fourth-order valence-electron chi connectivity index (χ4n) is 2.03. The highest BCUT2D eigenvalue weighted by molar-refractivity contribution is 5.95. The van der Waals surface area contributed by atoms with Gasteiger partial charge in [0.2, 0.25) is 0 Å². The van der Waals surface area contributed by atoms with Crippen LogP contribution in [0.25, 0.3) is 0 Å². The Morgan fingerprint density at radius 3 is 2.25 bits per heavy atom. The van der Waals surface area contributed by atoms with Crippen LogP contribution in [0.3, 0.4) is 0 Å². The zero-order valence-electron chi connectivity index (χ0n) is 13.5. The maximum atomic E-state index is 12.6. The lowest BCUT2D eigenvalue weighted by molar-refractivity contribution is -0.178. The fraction of sp³-hybridized carbons (Fsp3) is 0.222. The highest BCUT2D eigenvalue weighted by Crippen LogP contribution is 2.16. The molecule has 1 N–H and O–H groups in total. The molecule has 1 unspecified atom stereocenters. The molecule has 1 atom stereocenters. The van der Waals surface area contributed by atoms with Crippen LogP contribution in [0.1, 0.15) is 22.8 Å². The van der Waals surface area contributed by atoms with Crippen LogP contribution < -0.4 is 4.74 Å². The van der Waals surface area contributed by atoms with E-state index in [-0.39, 0.29) is 6.61 Å². The van der Waals surface area contributed by atoms with E-state index in [4.69, 9.17) is 9.57 Å². The first-order valence-corrected chi connectivity index (χ1v) is 7.40. The molecule has 0 saturated carbocycles. The zero-order chi connectivity index (χ0) is 17.5. The predicted molar refractivity (Wildman–Crippen MR) is 87.5 cm³/mol. The zero-order valence-corrected chi connectivity index (χ0v) is 13.5. The number of hydroxylamine groups is 2. The van der Waals surface area contributed by atoms with Crippen molar-refractivity contribution in [3.63, 3.8) is 0 Å². The van der Waals surface area contributed by atoms with Crippen LogP contribution in [0.5, 0.6) is 5.75 Å². The molecule has 0 bridgehead atoms. The normalized spacial score (nSPS) is 11.6. The summed E-state index contributed by atoms with van der Waals surface area (Å²) in [4.78, 5) is 29.4. The van der Waals surface area contributed by atoms with Crippen molar-refractivity contribution in [3.8, 4) is 5.75 Å². The molecule has 0 spiro atoms. The molecule has 0 heterocycles. The van der Waals surface area contributed by atoms with E-state index in [9.17, 15) is 14.7 Å². The second-order valence-electron chi connectivity index (χ2n) is 5.13. The van der Waals surface area contributed by atoms with Crippen LogP contribution in [0.15, 0.2) is 54.6 Å². The Hall–Kier alpha value is -2.86. The van der Waals surface area contributed by atoms with Gasteiger partial charge < -0.3 is 9.84 Å². The molecule has 0 fully saturated rings. The van der Waals surface area contributed by atoms with Gasteiger partial charge in [0.25, 0.3) is 5.91 Å². The first-order chi connectivity index (χ1) is 11.5. The maximum absolute atomic E-state index is 12.6. The van der Waals surface area contributed by atoms with E-state index >= 15 is 0 Å².